The molecule has 0 amide bonds. The molecule has 0 aliphatic heterocycles. The summed E-state index contributed by atoms with van der Waals surface area (Å²) in [6.07, 6.45) is 3.98. The zero-order chi connectivity index (χ0) is 19.2. The molecule has 2 rings (SSSR count). The van der Waals surface area contributed by atoms with Crippen molar-refractivity contribution in [1.29, 1.82) is 0 Å². The van der Waals surface area contributed by atoms with Gasteiger partial charge in [0.05, 0.1) is 6.61 Å². The van der Waals surface area contributed by atoms with Crippen molar-refractivity contribution in [3.63, 3.8) is 0 Å². The molecule has 0 atom stereocenters. The highest BCUT2D eigenvalue weighted by Gasteiger charge is 2.30. The molecule has 1 aromatic heterocycles. The smallest absolute Gasteiger partial charge is 0.229 e. The summed E-state index contributed by atoms with van der Waals surface area (Å²) in [7, 11) is 0.882. The number of nitrogens with zero attached hydrogens (tertiary/aromatic N) is 1. The fourth-order valence-electron chi connectivity index (χ4n) is 3.08. The zero-order valence-electron chi connectivity index (χ0n) is 16.8. The lowest BCUT2D eigenvalue weighted by Gasteiger charge is -2.34. The molecule has 2 aromatic rings. The molecule has 0 saturated carbocycles. The Balaban J connectivity index is 1.88. The number of fused-ring (bicyclic) bond motifs is 1. The standard InChI is InChI=1S/C20H31NO3Si2/c1-15(2)21-12-10-16-14-17(8-9-18(16)21)22-13-7-11-20(3,4)19(23-25-5)24-26-6/h8-10,12,14-15,19H,7,11,13H2,1-6H3. The minimum absolute atomic E-state index is 0.0200. The number of ether oxygens (including phenoxy) is 1. The molecular formula is C20H31NO3Si2. The van der Waals surface area contributed by atoms with Crippen LogP contribution in [0.4, 0.5) is 0 Å². The maximum atomic E-state index is 5.99. The summed E-state index contributed by atoms with van der Waals surface area (Å²) < 4.78 is 19.9. The highest BCUT2D eigenvalue weighted by atomic mass is 28.2. The van der Waals surface area contributed by atoms with Gasteiger partial charge >= 0.3 is 0 Å². The summed E-state index contributed by atoms with van der Waals surface area (Å²) >= 11 is 0. The Morgan fingerprint density at radius 1 is 1.08 bits per heavy atom. The largest absolute Gasteiger partial charge is 0.494 e. The lowest BCUT2D eigenvalue weighted by molar-refractivity contribution is -0.0833. The van der Waals surface area contributed by atoms with Crippen LogP contribution in [0.15, 0.2) is 30.5 Å². The molecule has 0 saturated heterocycles. The number of hydrogen-bond donors (Lipinski definition) is 0. The number of aromatic nitrogens is 1. The molecule has 0 N–H and O–H groups in total. The van der Waals surface area contributed by atoms with Crippen molar-refractivity contribution < 1.29 is 13.6 Å². The molecule has 6 heteroatoms. The van der Waals surface area contributed by atoms with Crippen LogP contribution in [-0.2, 0) is 8.85 Å². The fraction of sp³-hybridized carbons (Fsp3) is 0.600. The zero-order valence-corrected chi connectivity index (χ0v) is 18.8. The van der Waals surface area contributed by atoms with E-state index in [4.69, 9.17) is 13.6 Å². The van der Waals surface area contributed by atoms with E-state index in [1.807, 2.05) is 13.1 Å². The SMILES string of the molecule is C[Si]OC(O[Si]C)C(C)(C)CCCOc1ccc2c(ccn2C(C)C)c1. The average molecular weight is 390 g/mol. The first kappa shape index (κ1) is 21.2. The first-order valence-corrected chi connectivity index (χ1v) is 12.1. The van der Waals surface area contributed by atoms with Gasteiger partial charge in [0, 0.05) is 28.6 Å². The van der Waals surface area contributed by atoms with Gasteiger partial charge in [0.2, 0.25) is 19.5 Å². The normalized spacial score (nSPS) is 12.5. The van der Waals surface area contributed by atoms with Crippen molar-refractivity contribution >= 4 is 30.4 Å². The van der Waals surface area contributed by atoms with E-state index >= 15 is 0 Å². The molecule has 0 spiro atoms. The maximum absolute atomic E-state index is 5.99. The van der Waals surface area contributed by atoms with Crippen LogP contribution in [0.5, 0.6) is 5.75 Å². The third-order valence-electron chi connectivity index (χ3n) is 4.57. The predicted octanol–water partition coefficient (Wildman–Crippen LogP) is 5.10. The van der Waals surface area contributed by atoms with Crippen LogP contribution >= 0.6 is 0 Å². The molecule has 0 unspecified atom stereocenters. The van der Waals surface area contributed by atoms with Crippen LogP contribution in [-0.4, -0.2) is 37.0 Å². The van der Waals surface area contributed by atoms with Crippen LogP contribution in [0, 0.1) is 5.41 Å². The van der Waals surface area contributed by atoms with E-state index < -0.39 is 0 Å². The van der Waals surface area contributed by atoms with E-state index in [-0.39, 0.29) is 11.7 Å². The second kappa shape index (κ2) is 9.73. The maximum Gasteiger partial charge on any atom is 0.229 e. The third-order valence-corrected chi connectivity index (χ3v) is 5.47. The molecule has 0 fully saturated rings. The van der Waals surface area contributed by atoms with Gasteiger partial charge in [-0.05, 0) is 64.0 Å². The van der Waals surface area contributed by atoms with Crippen molar-refractivity contribution in [2.75, 3.05) is 6.61 Å². The van der Waals surface area contributed by atoms with Crippen molar-refractivity contribution in [1.82, 2.24) is 4.57 Å². The Kier molecular flexibility index (Phi) is 7.94. The van der Waals surface area contributed by atoms with E-state index in [9.17, 15) is 0 Å². The van der Waals surface area contributed by atoms with Gasteiger partial charge < -0.3 is 18.2 Å². The first-order valence-electron chi connectivity index (χ1n) is 9.27. The van der Waals surface area contributed by atoms with Gasteiger partial charge in [0.15, 0.2) is 0 Å². The quantitative estimate of drug-likeness (QED) is 0.304. The van der Waals surface area contributed by atoms with Gasteiger partial charge in [-0.2, -0.15) is 0 Å². The van der Waals surface area contributed by atoms with Gasteiger partial charge in [-0.25, -0.2) is 0 Å². The highest BCUT2D eigenvalue weighted by molar-refractivity contribution is 6.26. The molecule has 0 aliphatic rings. The molecule has 26 heavy (non-hydrogen) atoms. The minimum Gasteiger partial charge on any atom is -0.494 e. The van der Waals surface area contributed by atoms with Crippen molar-refractivity contribution in [2.24, 2.45) is 5.41 Å². The average Bonchev–Trinajstić information content (AvgIpc) is 3.02. The van der Waals surface area contributed by atoms with Crippen LogP contribution in [0.2, 0.25) is 13.1 Å². The molecule has 4 nitrogen and oxygen atoms in total. The summed E-state index contributed by atoms with van der Waals surface area (Å²) in [6.45, 7) is 13.6. The first-order chi connectivity index (χ1) is 12.4. The van der Waals surface area contributed by atoms with E-state index in [2.05, 4.69) is 62.7 Å². The van der Waals surface area contributed by atoms with Crippen LogP contribution in [0.3, 0.4) is 0 Å². The predicted molar refractivity (Wildman–Crippen MR) is 110 cm³/mol. The lowest BCUT2D eigenvalue weighted by atomic mass is 9.87. The molecule has 0 aliphatic carbocycles. The highest BCUT2D eigenvalue weighted by Crippen LogP contribution is 2.30. The Morgan fingerprint density at radius 3 is 2.38 bits per heavy atom. The number of hydrogen-bond acceptors (Lipinski definition) is 3. The van der Waals surface area contributed by atoms with Crippen molar-refractivity contribution in [3.8, 4) is 5.75 Å². The molecule has 0 bridgehead atoms. The minimum atomic E-state index is -0.138. The summed E-state index contributed by atoms with van der Waals surface area (Å²) in [6, 6.07) is 8.97. The van der Waals surface area contributed by atoms with Gasteiger partial charge in [-0.3, -0.25) is 0 Å². The van der Waals surface area contributed by atoms with Gasteiger partial charge in [0.1, 0.15) is 12.0 Å². The van der Waals surface area contributed by atoms with Gasteiger partial charge in [-0.1, -0.05) is 13.8 Å². The molecule has 1 aromatic carbocycles. The summed E-state index contributed by atoms with van der Waals surface area (Å²) in [5.74, 6) is 0.936. The Labute approximate surface area is 163 Å². The van der Waals surface area contributed by atoms with E-state index in [0.29, 0.717) is 32.2 Å². The number of benzene rings is 1. The molecule has 4 radical (unpaired) electrons. The van der Waals surface area contributed by atoms with Crippen LogP contribution in [0.1, 0.15) is 46.6 Å². The molecule has 142 valence electrons. The van der Waals surface area contributed by atoms with Gasteiger partial charge in [-0.15, -0.1) is 0 Å². The number of rotatable bonds is 11. The van der Waals surface area contributed by atoms with Gasteiger partial charge in [0.25, 0.3) is 0 Å². The lowest BCUT2D eigenvalue weighted by Crippen LogP contribution is -2.36. The summed E-state index contributed by atoms with van der Waals surface area (Å²) in [5.41, 5.74) is 1.24. The topological polar surface area (TPSA) is 32.6 Å². The second-order valence-electron chi connectivity index (χ2n) is 7.45. The molecular weight excluding hydrogens is 358 g/mol. The van der Waals surface area contributed by atoms with E-state index in [0.717, 1.165) is 18.6 Å². The molecule has 1 heterocycles. The second-order valence-corrected chi connectivity index (χ2v) is 8.74. The fourth-order valence-corrected chi connectivity index (χ4v) is 4.33. The van der Waals surface area contributed by atoms with Crippen LogP contribution in [0.25, 0.3) is 10.9 Å². The van der Waals surface area contributed by atoms with Crippen molar-refractivity contribution in [3.05, 3.63) is 30.5 Å². The third kappa shape index (κ3) is 5.45. The Bertz CT molecular complexity index is 679. The van der Waals surface area contributed by atoms with Crippen molar-refractivity contribution in [2.45, 2.75) is 66.0 Å². The van der Waals surface area contributed by atoms with E-state index in [1.54, 1.807) is 0 Å². The summed E-state index contributed by atoms with van der Waals surface area (Å²) in [4.78, 5) is 0. The Hall–Kier alpha value is -1.09. The van der Waals surface area contributed by atoms with E-state index in [1.165, 1.54) is 10.9 Å². The van der Waals surface area contributed by atoms with Crippen LogP contribution < -0.4 is 4.74 Å². The summed E-state index contributed by atoms with van der Waals surface area (Å²) in [5, 5.41) is 1.23. The Morgan fingerprint density at radius 2 is 1.77 bits per heavy atom. The monoisotopic (exact) mass is 389 g/mol.